The topological polar surface area (TPSA) is 101 Å². The molecule has 0 radical (unpaired) electrons. The van der Waals surface area contributed by atoms with E-state index in [0.29, 0.717) is 13.2 Å². The Morgan fingerprint density at radius 2 is 2.22 bits per heavy atom. The standard InChI is InChI=1S/C11H12N4O3/c12-14-13-6-11-5-9(7-18-11)8-1-3-10(4-2-8)15(16)17/h1-4,9,11H,5-7H2/t9-,11-/m0/s1. The van der Waals surface area contributed by atoms with E-state index >= 15 is 0 Å². The molecular weight excluding hydrogens is 236 g/mol. The molecule has 2 atom stereocenters. The summed E-state index contributed by atoms with van der Waals surface area (Å²) in [7, 11) is 0. The molecule has 94 valence electrons. The summed E-state index contributed by atoms with van der Waals surface area (Å²) in [4.78, 5) is 12.8. The van der Waals surface area contributed by atoms with E-state index in [4.69, 9.17) is 10.3 Å². The van der Waals surface area contributed by atoms with Crippen molar-refractivity contribution in [1.29, 1.82) is 0 Å². The van der Waals surface area contributed by atoms with E-state index in [0.717, 1.165) is 12.0 Å². The Balaban J connectivity index is 2.00. The first-order valence-electron chi connectivity index (χ1n) is 5.57. The van der Waals surface area contributed by atoms with E-state index in [1.807, 2.05) is 0 Å². The quantitative estimate of drug-likeness (QED) is 0.269. The number of nitrogens with zero attached hydrogens (tertiary/aromatic N) is 4. The van der Waals surface area contributed by atoms with E-state index in [9.17, 15) is 10.1 Å². The molecule has 0 bridgehead atoms. The first-order valence-corrected chi connectivity index (χ1v) is 5.57. The van der Waals surface area contributed by atoms with Gasteiger partial charge in [0, 0.05) is 23.0 Å². The molecular formula is C11H12N4O3. The normalized spacial score (nSPS) is 22.4. The van der Waals surface area contributed by atoms with Crippen LogP contribution < -0.4 is 0 Å². The molecule has 0 N–H and O–H groups in total. The summed E-state index contributed by atoms with van der Waals surface area (Å²) in [5.41, 5.74) is 9.34. The second-order valence-electron chi connectivity index (χ2n) is 4.15. The first kappa shape index (κ1) is 12.3. The molecule has 0 unspecified atom stereocenters. The lowest BCUT2D eigenvalue weighted by molar-refractivity contribution is -0.384. The van der Waals surface area contributed by atoms with Gasteiger partial charge in [0.05, 0.1) is 24.2 Å². The molecule has 1 aromatic carbocycles. The summed E-state index contributed by atoms with van der Waals surface area (Å²) < 4.78 is 5.50. The van der Waals surface area contributed by atoms with Crippen molar-refractivity contribution in [1.82, 2.24) is 0 Å². The van der Waals surface area contributed by atoms with Gasteiger partial charge in [-0.25, -0.2) is 0 Å². The van der Waals surface area contributed by atoms with Crippen LogP contribution in [0.25, 0.3) is 10.4 Å². The van der Waals surface area contributed by atoms with Gasteiger partial charge in [0.15, 0.2) is 0 Å². The largest absolute Gasteiger partial charge is 0.377 e. The molecule has 1 saturated heterocycles. The van der Waals surface area contributed by atoms with E-state index in [1.54, 1.807) is 12.1 Å². The number of ether oxygens (including phenoxy) is 1. The third-order valence-corrected chi connectivity index (χ3v) is 3.00. The fourth-order valence-corrected chi connectivity index (χ4v) is 2.06. The van der Waals surface area contributed by atoms with Gasteiger partial charge in [-0.05, 0) is 17.5 Å². The number of nitro groups is 1. The molecule has 0 spiro atoms. The van der Waals surface area contributed by atoms with Crippen LogP contribution in [0.4, 0.5) is 5.69 Å². The number of rotatable bonds is 4. The highest BCUT2D eigenvalue weighted by Gasteiger charge is 2.26. The molecule has 1 aromatic rings. The molecule has 2 rings (SSSR count). The highest BCUT2D eigenvalue weighted by atomic mass is 16.6. The van der Waals surface area contributed by atoms with Crippen molar-refractivity contribution < 1.29 is 9.66 Å². The van der Waals surface area contributed by atoms with Gasteiger partial charge in [0.1, 0.15) is 0 Å². The maximum atomic E-state index is 10.5. The smallest absolute Gasteiger partial charge is 0.269 e. The minimum Gasteiger partial charge on any atom is -0.377 e. The fraction of sp³-hybridized carbons (Fsp3) is 0.455. The van der Waals surface area contributed by atoms with Gasteiger partial charge in [-0.2, -0.15) is 0 Å². The highest BCUT2D eigenvalue weighted by molar-refractivity contribution is 5.34. The lowest BCUT2D eigenvalue weighted by Gasteiger charge is -2.07. The highest BCUT2D eigenvalue weighted by Crippen LogP contribution is 2.30. The SMILES string of the molecule is [N-]=[N+]=NC[C@@H]1C[C@H](c2ccc([N+](=O)[O-])cc2)CO1. The van der Waals surface area contributed by atoms with Crippen LogP contribution in [-0.4, -0.2) is 24.2 Å². The molecule has 0 aromatic heterocycles. The summed E-state index contributed by atoms with van der Waals surface area (Å²) in [6.45, 7) is 0.892. The van der Waals surface area contributed by atoms with E-state index in [1.165, 1.54) is 12.1 Å². The Morgan fingerprint density at radius 1 is 1.50 bits per heavy atom. The van der Waals surface area contributed by atoms with Crippen LogP contribution in [0.5, 0.6) is 0 Å². The molecule has 1 aliphatic heterocycles. The summed E-state index contributed by atoms with van der Waals surface area (Å²) in [5.74, 6) is 0.213. The van der Waals surface area contributed by atoms with Crippen LogP contribution in [0.2, 0.25) is 0 Å². The van der Waals surface area contributed by atoms with Gasteiger partial charge in [-0.15, -0.1) is 0 Å². The second-order valence-corrected chi connectivity index (χ2v) is 4.15. The molecule has 7 nitrogen and oxygen atoms in total. The number of non-ortho nitro benzene ring substituents is 1. The van der Waals surface area contributed by atoms with Crippen LogP contribution in [0.1, 0.15) is 17.9 Å². The zero-order valence-corrected chi connectivity index (χ0v) is 9.60. The summed E-state index contributed by atoms with van der Waals surface area (Å²) in [6, 6.07) is 6.50. The molecule has 1 heterocycles. The zero-order chi connectivity index (χ0) is 13.0. The predicted octanol–water partition coefficient (Wildman–Crippen LogP) is 2.78. The van der Waals surface area contributed by atoms with Crippen molar-refractivity contribution in [2.75, 3.05) is 13.2 Å². The lowest BCUT2D eigenvalue weighted by atomic mass is 9.96. The average Bonchev–Trinajstić information content (AvgIpc) is 2.85. The Kier molecular flexibility index (Phi) is 3.76. The Morgan fingerprint density at radius 3 is 2.83 bits per heavy atom. The molecule has 0 amide bonds. The minimum atomic E-state index is -0.417. The van der Waals surface area contributed by atoms with Crippen LogP contribution >= 0.6 is 0 Å². The van der Waals surface area contributed by atoms with Crippen LogP contribution in [0.3, 0.4) is 0 Å². The molecule has 7 heteroatoms. The maximum absolute atomic E-state index is 10.5. The van der Waals surface area contributed by atoms with Gasteiger partial charge < -0.3 is 4.74 Å². The third kappa shape index (κ3) is 2.77. The van der Waals surface area contributed by atoms with Gasteiger partial charge in [0.2, 0.25) is 0 Å². The third-order valence-electron chi connectivity index (χ3n) is 3.00. The number of azide groups is 1. The summed E-state index contributed by atoms with van der Waals surface area (Å²) in [6.07, 6.45) is 0.720. The van der Waals surface area contributed by atoms with Gasteiger partial charge in [-0.3, -0.25) is 10.1 Å². The van der Waals surface area contributed by atoms with Crippen molar-refractivity contribution in [2.24, 2.45) is 5.11 Å². The summed E-state index contributed by atoms with van der Waals surface area (Å²) in [5, 5.41) is 14.0. The average molecular weight is 248 g/mol. The Labute approximate surface area is 103 Å². The zero-order valence-electron chi connectivity index (χ0n) is 9.60. The summed E-state index contributed by atoms with van der Waals surface area (Å²) >= 11 is 0. The molecule has 1 aliphatic rings. The molecule has 0 saturated carbocycles. The van der Waals surface area contributed by atoms with Crippen molar-refractivity contribution >= 4 is 5.69 Å². The van der Waals surface area contributed by atoms with E-state index < -0.39 is 4.92 Å². The van der Waals surface area contributed by atoms with E-state index in [2.05, 4.69) is 10.0 Å². The van der Waals surface area contributed by atoms with Crippen LogP contribution in [0.15, 0.2) is 29.4 Å². The van der Waals surface area contributed by atoms with Gasteiger partial charge in [-0.1, -0.05) is 17.2 Å². The van der Waals surface area contributed by atoms with Crippen molar-refractivity contribution in [3.8, 4) is 0 Å². The van der Waals surface area contributed by atoms with Crippen LogP contribution in [-0.2, 0) is 4.74 Å². The molecule has 1 fully saturated rings. The van der Waals surface area contributed by atoms with Gasteiger partial charge >= 0.3 is 0 Å². The van der Waals surface area contributed by atoms with Crippen molar-refractivity contribution in [2.45, 2.75) is 18.4 Å². The van der Waals surface area contributed by atoms with Crippen LogP contribution in [0, 0.1) is 10.1 Å². The molecule has 0 aliphatic carbocycles. The Bertz CT molecular complexity index is 482. The predicted molar refractivity (Wildman–Crippen MR) is 64.2 cm³/mol. The fourth-order valence-electron chi connectivity index (χ4n) is 2.06. The van der Waals surface area contributed by atoms with Crippen molar-refractivity contribution in [3.63, 3.8) is 0 Å². The van der Waals surface area contributed by atoms with Crippen molar-refractivity contribution in [3.05, 3.63) is 50.4 Å². The minimum absolute atomic E-state index is 0.0545. The Hall–Kier alpha value is -2.11. The first-order chi connectivity index (χ1) is 8.70. The number of hydrogen-bond acceptors (Lipinski definition) is 4. The maximum Gasteiger partial charge on any atom is 0.269 e. The molecule has 18 heavy (non-hydrogen) atoms. The second kappa shape index (κ2) is 5.48. The lowest BCUT2D eigenvalue weighted by Crippen LogP contribution is -2.08. The number of hydrogen-bond donors (Lipinski definition) is 0. The number of benzene rings is 1. The van der Waals surface area contributed by atoms with Gasteiger partial charge in [0.25, 0.3) is 5.69 Å². The number of nitro benzene ring substituents is 1. The van der Waals surface area contributed by atoms with E-state index in [-0.39, 0.29) is 17.7 Å². The monoisotopic (exact) mass is 248 g/mol.